The van der Waals surface area contributed by atoms with Gasteiger partial charge in [0, 0.05) is 28.2 Å². The molecule has 2 aliphatic heterocycles. The molecule has 0 radical (unpaired) electrons. The van der Waals surface area contributed by atoms with Gasteiger partial charge in [0.15, 0.2) is 6.10 Å². The molecule has 1 fully saturated rings. The lowest BCUT2D eigenvalue weighted by molar-refractivity contribution is 0.0983. The number of fused-ring (bicyclic) bond motifs is 3. The Balaban J connectivity index is 1.36. The van der Waals surface area contributed by atoms with Gasteiger partial charge >= 0.3 is 6.16 Å². The van der Waals surface area contributed by atoms with Gasteiger partial charge in [-0.1, -0.05) is 23.7 Å². The van der Waals surface area contributed by atoms with Gasteiger partial charge in [-0.15, -0.1) is 0 Å². The lowest BCUT2D eigenvalue weighted by Crippen LogP contribution is -2.30. The van der Waals surface area contributed by atoms with Crippen LogP contribution in [-0.4, -0.2) is 37.0 Å². The van der Waals surface area contributed by atoms with E-state index >= 15 is 0 Å². The van der Waals surface area contributed by atoms with Gasteiger partial charge in [0.25, 0.3) is 0 Å². The first-order valence-electron chi connectivity index (χ1n) is 9.27. The van der Waals surface area contributed by atoms with Crippen LogP contribution < -0.4 is 10.1 Å². The normalized spacial score (nSPS) is 21.2. The Morgan fingerprint density at radius 3 is 2.82 bits per heavy atom. The topological polar surface area (TPSA) is 72.6 Å². The zero-order valence-electron chi connectivity index (χ0n) is 15.0. The minimum atomic E-state index is -0.636. The van der Waals surface area contributed by atoms with Crippen molar-refractivity contribution >= 4 is 28.7 Å². The van der Waals surface area contributed by atoms with Crippen molar-refractivity contribution in [3.05, 3.63) is 64.3 Å². The van der Waals surface area contributed by atoms with Crippen LogP contribution in [0.25, 0.3) is 10.9 Å². The van der Waals surface area contributed by atoms with E-state index < -0.39 is 6.16 Å². The molecule has 3 aromatic rings. The zero-order valence-corrected chi connectivity index (χ0v) is 15.8. The molecule has 0 spiro atoms. The Hall–Kier alpha value is -2.70. The molecule has 6 nitrogen and oxygen atoms in total. The van der Waals surface area contributed by atoms with Crippen LogP contribution in [0.5, 0.6) is 5.75 Å². The predicted octanol–water partition coefficient (Wildman–Crippen LogP) is 3.97. The molecule has 3 heterocycles. The van der Waals surface area contributed by atoms with Crippen LogP contribution in [0.4, 0.5) is 4.79 Å². The second-order valence-electron chi connectivity index (χ2n) is 7.03. The van der Waals surface area contributed by atoms with E-state index in [9.17, 15) is 4.79 Å². The van der Waals surface area contributed by atoms with E-state index in [1.54, 1.807) is 0 Å². The van der Waals surface area contributed by atoms with E-state index in [1.165, 1.54) is 16.6 Å². The van der Waals surface area contributed by atoms with Crippen LogP contribution >= 0.6 is 11.6 Å². The number of aromatic nitrogens is 1. The standard InChI is InChI=1S/C21H19ClN2O4/c22-13-3-6-18-17(9-13)16-7-8-23-19(20(16)24-18)12-1-4-14(5-2-12)26-10-15-11-27-21(25)28-15/h1-6,9,15,19,23-24H,7-8,10-11H2. The Bertz CT molecular complexity index is 1030. The van der Waals surface area contributed by atoms with Crippen molar-refractivity contribution in [1.29, 1.82) is 0 Å². The van der Waals surface area contributed by atoms with Crippen molar-refractivity contribution in [3.63, 3.8) is 0 Å². The molecule has 1 aromatic heterocycles. The molecule has 2 unspecified atom stereocenters. The van der Waals surface area contributed by atoms with E-state index in [2.05, 4.69) is 22.4 Å². The SMILES string of the molecule is O=C1OCC(COc2ccc(C3NCCc4c3[nH]c3ccc(Cl)cc43)cc2)O1. The number of carbonyl (C=O) groups excluding carboxylic acids is 1. The van der Waals surface area contributed by atoms with E-state index in [-0.39, 0.29) is 25.4 Å². The number of H-pyrrole nitrogens is 1. The molecule has 7 heteroatoms. The van der Waals surface area contributed by atoms with Crippen LogP contribution in [0.1, 0.15) is 22.9 Å². The van der Waals surface area contributed by atoms with Crippen molar-refractivity contribution in [2.75, 3.05) is 19.8 Å². The van der Waals surface area contributed by atoms with Gasteiger partial charge in [-0.2, -0.15) is 0 Å². The Labute approximate surface area is 166 Å². The van der Waals surface area contributed by atoms with Crippen molar-refractivity contribution < 1.29 is 19.0 Å². The number of hydrogen-bond donors (Lipinski definition) is 2. The maximum Gasteiger partial charge on any atom is 0.508 e. The smallest absolute Gasteiger partial charge is 0.490 e. The van der Waals surface area contributed by atoms with Gasteiger partial charge in [0.1, 0.15) is 19.0 Å². The molecule has 2 N–H and O–H groups in total. The number of cyclic esters (lactones) is 2. The highest BCUT2D eigenvalue weighted by Gasteiger charge is 2.26. The fourth-order valence-corrected chi connectivity index (χ4v) is 4.05. The third-order valence-corrected chi connectivity index (χ3v) is 5.45. The number of carbonyl (C=O) groups is 1. The summed E-state index contributed by atoms with van der Waals surface area (Å²) in [6.45, 7) is 1.41. The molecule has 144 valence electrons. The quantitative estimate of drug-likeness (QED) is 0.650. The molecule has 0 amide bonds. The third kappa shape index (κ3) is 3.19. The number of hydrogen-bond acceptors (Lipinski definition) is 5. The lowest BCUT2D eigenvalue weighted by atomic mass is 9.94. The summed E-state index contributed by atoms with van der Waals surface area (Å²) in [5.74, 6) is 0.728. The van der Waals surface area contributed by atoms with E-state index in [1.807, 2.05) is 30.3 Å². The largest absolute Gasteiger partial charge is 0.508 e. The predicted molar refractivity (Wildman–Crippen MR) is 105 cm³/mol. The molecule has 28 heavy (non-hydrogen) atoms. The summed E-state index contributed by atoms with van der Waals surface area (Å²) in [6.07, 6.45) is -0.0223. The molecule has 1 saturated heterocycles. The second-order valence-corrected chi connectivity index (χ2v) is 7.46. The minimum absolute atomic E-state index is 0.0909. The molecular weight excluding hydrogens is 380 g/mol. The van der Waals surface area contributed by atoms with Gasteiger partial charge in [-0.25, -0.2) is 4.79 Å². The van der Waals surface area contributed by atoms with Crippen molar-refractivity contribution in [1.82, 2.24) is 10.3 Å². The average Bonchev–Trinajstić information content (AvgIpc) is 3.29. The Kier molecular flexibility index (Phi) is 4.37. The lowest BCUT2D eigenvalue weighted by Gasteiger charge is -2.25. The van der Waals surface area contributed by atoms with Crippen LogP contribution in [0.15, 0.2) is 42.5 Å². The average molecular weight is 399 g/mol. The van der Waals surface area contributed by atoms with Gasteiger partial charge in [0.05, 0.1) is 6.04 Å². The van der Waals surface area contributed by atoms with E-state index in [4.69, 9.17) is 25.8 Å². The summed E-state index contributed by atoms with van der Waals surface area (Å²) in [7, 11) is 0. The molecule has 2 aliphatic rings. The van der Waals surface area contributed by atoms with Gasteiger partial charge in [-0.05, 0) is 47.9 Å². The van der Waals surface area contributed by atoms with Crippen molar-refractivity contribution in [3.8, 4) is 5.75 Å². The highest BCUT2D eigenvalue weighted by atomic mass is 35.5. The van der Waals surface area contributed by atoms with Crippen molar-refractivity contribution in [2.24, 2.45) is 0 Å². The van der Waals surface area contributed by atoms with Crippen LogP contribution in [0, 0.1) is 0 Å². The molecule has 2 atom stereocenters. The maximum absolute atomic E-state index is 11.0. The number of benzene rings is 2. The third-order valence-electron chi connectivity index (χ3n) is 5.21. The number of halogens is 1. The summed E-state index contributed by atoms with van der Waals surface area (Å²) >= 11 is 6.19. The van der Waals surface area contributed by atoms with Crippen molar-refractivity contribution in [2.45, 2.75) is 18.6 Å². The van der Waals surface area contributed by atoms with Gasteiger partial charge < -0.3 is 24.5 Å². The van der Waals surface area contributed by atoms with Gasteiger partial charge in [-0.3, -0.25) is 0 Å². The Morgan fingerprint density at radius 2 is 2.04 bits per heavy atom. The second kappa shape index (κ2) is 7.04. The molecule has 0 aliphatic carbocycles. The summed E-state index contributed by atoms with van der Waals surface area (Å²) in [5, 5.41) is 5.54. The summed E-state index contributed by atoms with van der Waals surface area (Å²) in [5.41, 5.74) is 4.77. The van der Waals surface area contributed by atoms with Crippen LogP contribution in [-0.2, 0) is 15.9 Å². The number of ether oxygens (including phenoxy) is 3. The fourth-order valence-electron chi connectivity index (χ4n) is 3.88. The molecule has 5 rings (SSSR count). The molecule has 2 aromatic carbocycles. The minimum Gasteiger partial charge on any atom is -0.490 e. The van der Waals surface area contributed by atoms with Crippen LogP contribution in [0.2, 0.25) is 5.02 Å². The first kappa shape index (κ1) is 17.4. The molecule has 0 bridgehead atoms. The first-order chi connectivity index (χ1) is 13.7. The molecular formula is C21H19ClN2O4. The molecule has 0 saturated carbocycles. The van der Waals surface area contributed by atoms with E-state index in [0.717, 1.165) is 34.8 Å². The number of nitrogens with one attached hydrogen (secondary N) is 2. The summed E-state index contributed by atoms with van der Waals surface area (Å²) in [6, 6.07) is 14.0. The Morgan fingerprint density at radius 1 is 1.18 bits per heavy atom. The fraction of sp³-hybridized carbons (Fsp3) is 0.286. The number of aromatic amines is 1. The monoisotopic (exact) mass is 398 g/mol. The highest BCUT2D eigenvalue weighted by molar-refractivity contribution is 6.31. The summed E-state index contributed by atoms with van der Waals surface area (Å²) < 4.78 is 15.4. The summed E-state index contributed by atoms with van der Waals surface area (Å²) in [4.78, 5) is 14.5. The van der Waals surface area contributed by atoms with Gasteiger partial charge in [0.2, 0.25) is 0 Å². The zero-order chi connectivity index (χ0) is 19.1. The van der Waals surface area contributed by atoms with E-state index in [0.29, 0.717) is 0 Å². The first-order valence-corrected chi connectivity index (χ1v) is 9.65. The number of rotatable bonds is 4. The van der Waals surface area contributed by atoms with Crippen LogP contribution in [0.3, 0.4) is 0 Å². The highest BCUT2D eigenvalue weighted by Crippen LogP contribution is 2.35. The maximum atomic E-state index is 11.0.